The van der Waals surface area contributed by atoms with Crippen molar-refractivity contribution in [2.45, 2.75) is 20.0 Å². The Balaban J connectivity index is 3.60. The summed E-state index contributed by atoms with van der Waals surface area (Å²) in [5.74, 6) is -0.198. The second-order valence-corrected chi connectivity index (χ2v) is 8.09. The summed E-state index contributed by atoms with van der Waals surface area (Å²) in [5, 5.41) is 0. The number of carbonyl (C=O) groups excluding carboxylic acids is 1. The van der Waals surface area contributed by atoms with Gasteiger partial charge in [0, 0.05) is 0 Å². The van der Waals surface area contributed by atoms with Crippen molar-refractivity contribution in [3.05, 3.63) is 9.66 Å². The van der Waals surface area contributed by atoms with Crippen LogP contribution in [0.15, 0.2) is 9.66 Å². The average molecular weight is 345 g/mol. The molecule has 4 heteroatoms. The summed E-state index contributed by atoms with van der Waals surface area (Å²) in [5.41, 5.74) is 0. The molecule has 0 N–H and O–H groups in total. The molecule has 1 unspecified atom stereocenters. The maximum absolute atomic E-state index is 10.4. The Bertz CT molecular complexity index is 156. The maximum atomic E-state index is 10.4. The molecule has 0 saturated carbocycles. The van der Waals surface area contributed by atoms with Crippen LogP contribution >= 0.6 is 0 Å². The fraction of sp³-hybridized carbons (Fsp3) is 0.571. The molecule has 0 aliphatic heterocycles. The molecule has 0 aliphatic carbocycles. The van der Waals surface area contributed by atoms with Gasteiger partial charge in [0.05, 0.1) is 0 Å². The fourth-order valence-corrected chi connectivity index (χ4v) is 3.55. The third kappa shape index (κ3) is 5.38. The van der Waals surface area contributed by atoms with E-state index < -0.39 is 25.0 Å². The van der Waals surface area contributed by atoms with Crippen molar-refractivity contribution >= 4 is 5.97 Å². The van der Waals surface area contributed by atoms with Crippen LogP contribution in [0.5, 0.6) is 0 Å². The first-order valence-corrected chi connectivity index (χ1v) is 8.41. The Morgan fingerprint density at radius 3 is 2.55 bits per heavy atom. The van der Waals surface area contributed by atoms with Gasteiger partial charge in [0.2, 0.25) is 0 Å². The Labute approximate surface area is 79.9 Å². The Kier molecular flexibility index (Phi) is 5.77. The molecule has 0 aromatic rings. The standard InChI is InChI=1S/C5H9O.C2H4O2.Hg/c1-4-5(2)6-3;1-2(3)4;/h5H,1H2,2-3H3;1H3,(H,3,4);/q;;+1/p-1. The molecular weight excluding hydrogens is 333 g/mol. The summed E-state index contributed by atoms with van der Waals surface area (Å²) in [6.45, 7) is 7.12. The number of carbonyl (C=O) groups is 1. The van der Waals surface area contributed by atoms with Crippen LogP contribution in [0.2, 0.25) is 0 Å². The molecule has 0 spiro atoms. The quantitative estimate of drug-likeness (QED) is 0.716. The first-order chi connectivity index (χ1) is 5.07. The van der Waals surface area contributed by atoms with Crippen molar-refractivity contribution in [1.82, 2.24) is 0 Å². The summed E-state index contributed by atoms with van der Waals surface area (Å²) in [7, 11) is 1.62. The third-order valence-corrected chi connectivity index (χ3v) is 7.21. The predicted octanol–water partition coefficient (Wildman–Crippen LogP) is 1.10. The van der Waals surface area contributed by atoms with E-state index in [4.69, 9.17) is 7.38 Å². The SMILES string of the molecule is C=[C]([Hg][O]C(C)=O)C(C)OC. The van der Waals surface area contributed by atoms with Gasteiger partial charge in [-0.1, -0.05) is 0 Å². The number of hydrogen-bond acceptors (Lipinski definition) is 3. The molecule has 0 aromatic heterocycles. The molecule has 0 heterocycles. The van der Waals surface area contributed by atoms with E-state index in [1.165, 1.54) is 6.92 Å². The summed E-state index contributed by atoms with van der Waals surface area (Å²) >= 11 is -1.65. The van der Waals surface area contributed by atoms with Crippen molar-refractivity contribution in [3.63, 3.8) is 0 Å². The Morgan fingerprint density at radius 2 is 2.18 bits per heavy atom. The third-order valence-electron chi connectivity index (χ3n) is 1.39. The molecule has 0 rings (SSSR count). The van der Waals surface area contributed by atoms with Gasteiger partial charge in [0.1, 0.15) is 0 Å². The molecule has 11 heavy (non-hydrogen) atoms. The number of methoxy groups -OCH3 is 1. The van der Waals surface area contributed by atoms with Gasteiger partial charge < -0.3 is 0 Å². The van der Waals surface area contributed by atoms with E-state index in [1.807, 2.05) is 6.92 Å². The van der Waals surface area contributed by atoms with Crippen LogP contribution in [0, 0.1) is 0 Å². The van der Waals surface area contributed by atoms with Crippen molar-refractivity contribution in [2.24, 2.45) is 0 Å². The zero-order chi connectivity index (χ0) is 8.85. The molecule has 0 aliphatic rings. The van der Waals surface area contributed by atoms with Crippen molar-refractivity contribution < 1.29 is 37.2 Å². The monoisotopic (exact) mass is 346 g/mol. The first-order valence-electron chi connectivity index (χ1n) is 3.41. The van der Waals surface area contributed by atoms with Gasteiger partial charge in [0.15, 0.2) is 0 Å². The molecule has 3 nitrogen and oxygen atoms in total. The van der Waals surface area contributed by atoms with Crippen LogP contribution in [-0.4, -0.2) is 19.2 Å². The van der Waals surface area contributed by atoms with Gasteiger partial charge >= 0.3 is 79.9 Å². The molecular formula is C7H12HgO3. The molecule has 0 saturated heterocycles. The second kappa shape index (κ2) is 5.72. The summed E-state index contributed by atoms with van der Waals surface area (Å²) in [6.07, 6.45) is 0.0380. The van der Waals surface area contributed by atoms with E-state index in [2.05, 4.69) is 6.58 Å². The van der Waals surface area contributed by atoms with Crippen LogP contribution in [0.25, 0.3) is 0 Å². The van der Waals surface area contributed by atoms with E-state index >= 15 is 0 Å². The number of hydrogen-bond donors (Lipinski definition) is 0. The van der Waals surface area contributed by atoms with Gasteiger partial charge in [-0.05, 0) is 0 Å². The van der Waals surface area contributed by atoms with Crippen LogP contribution in [0.3, 0.4) is 0 Å². The topological polar surface area (TPSA) is 35.5 Å². The van der Waals surface area contributed by atoms with E-state index in [-0.39, 0.29) is 12.1 Å². The Hall–Kier alpha value is 0.105. The Morgan fingerprint density at radius 1 is 1.64 bits per heavy atom. The number of ether oxygens (including phenoxy) is 1. The molecule has 0 radical (unpaired) electrons. The average Bonchev–Trinajstić information content (AvgIpc) is 1.98. The molecule has 0 bridgehead atoms. The van der Waals surface area contributed by atoms with E-state index in [1.54, 1.807) is 7.11 Å². The van der Waals surface area contributed by atoms with Crippen LogP contribution in [0.4, 0.5) is 0 Å². The first kappa shape index (κ1) is 11.1. The van der Waals surface area contributed by atoms with Gasteiger partial charge in [-0.3, -0.25) is 0 Å². The van der Waals surface area contributed by atoms with Crippen molar-refractivity contribution in [2.75, 3.05) is 7.11 Å². The molecule has 0 fully saturated rings. The van der Waals surface area contributed by atoms with E-state index in [0.29, 0.717) is 0 Å². The fourth-order valence-electron chi connectivity index (χ4n) is 0.478. The van der Waals surface area contributed by atoms with E-state index in [9.17, 15) is 4.79 Å². The summed E-state index contributed by atoms with van der Waals surface area (Å²) in [4.78, 5) is 10.4. The van der Waals surface area contributed by atoms with Gasteiger partial charge in [-0.15, -0.1) is 0 Å². The zero-order valence-corrected chi connectivity index (χ0v) is 12.7. The zero-order valence-electron chi connectivity index (χ0n) is 7.22. The summed E-state index contributed by atoms with van der Waals surface area (Å²) < 4.78 is 10.9. The van der Waals surface area contributed by atoms with Crippen LogP contribution in [-0.2, 0) is 37.2 Å². The normalized spacial score (nSPS) is 11.5. The molecule has 1 atom stereocenters. The summed E-state index contributed by atoms with van der Waals surface area (Å²) in [6, 6.07) is 0. The predicted molar refractivity (Wildman–Crippen MR) is 37.4 cm³/mol. The molecule has 60 valence electrons. The second-order valence-electron chi connectivity index (χ2n) is 2.32. The molecule has 0 aromatic carbocycles. The molecule has 0 amide bonds. The van der Waals surface area contributed by atoms with Crippen LogP contribution < -0.4 is 0 Å². The van der Waals surface area contributed by atoms with E-state index in [0.717, 1.165) is 3.08 Å². The van der Waals surface area contributed by atoms with Crippen LogP contribution in [0.1, 0.15) is 13.8 Å². The van der Waals surface area contributed by atoms with Crippen molar-refractivity contribution in [3.8, 4) is 0 Å². The van der Waals surface area contributed by atoms with Gasteiger partial charge in [0.25, 0.3) is 0 Å². The van der Waals surface area contributed by atoms with Gasteiger partial charge in [-0.25, -0.2) is 0 Å². The number of rotatable bonds is 4. The van der Waals surface area contributed by atoms with Gasteiger partial charge in [-0.2, -0.15) is 0 Å². The minimum atomic E-state index is -1.65. The van der Waals surface area contributed by atoms with Crippen molar-refractivity contribution in [1.29, 1.82) is 0 Å². The minimum absolute atomic E-state index is 0.0380.